The maximum Gasteiger partial charge on any atom is 0.434 e. The number of nitrogens with one attached hydrogen (secondary N) is 1. The van der Waals surface area contributed by atoms with Crippen LogP contribution in [0.5, 0.6) is 0 Å². The van der Waals surface area contributed by atoms with Gasteiger partial charge in [-0.05, 0) is 44.2 Å². The van der Waals surface area contributed by atoms with Gasteiger partial charge in [-0.15, -0.1) is 0 Å². The number of amides is 1. The van der Waals surface area contributed by atoms with Crippen LogP contribution in [0.25, 0.3) is 0 Å². The number of carbonyl (C=O) groups is 2. The fourth-order valence-electron chi connectivity index (χ4n) is 3.61. The molecule has 0 spiro atoms. The molecule has 0 radical (unpaired) electrons. The van der Waals surface area contributed by atoms with E-state index in [-0.39, 0.29) is 30.1 Å². The maximum absolute atomic E-state index is 14.0. The minimum Gasteiger partial charge on any atom is -0.463 e. The number of fused-ring (bicyclic) bond motifs is 1. The number of allylic oxidation sites excluding steroid dienone is 1. The molecular weight excluding hydrogens is 443 g/mol. The van der Waals surface area contributed by atoms with Gasteiger partial charge in [0.05, 0.1) is 24.6 Å². The molecule has 0 bridgehead atoms. The van der Waals surface area contributed by atoms with Gasteiger partial charge in [0.15, 0.2) is 10.9 Å². The molecule has 1 amide bonds. The van der Waals surface area contributed by atoms with Crippen molar-refractivity contribution in [1.29, 1.82) is 0 Å². The highest BCUT2D eigenvalue weighted by atomic mass is 32.2. The van der Waals surface area contributed by atoms with Crippen LogP contribution in [0, 0.1) is 6.92 Å². The predicted octanol–water partition coefficient (Wildman–Crippen LogP) is 4.59. The van der Waals surface area contributed by atoms with Crippen molar-refractivity contribution in [3.63, 3.8) is 0 Å². The third-order valence-corrected chi connectivity index (χ3v) is 5.74. The number of ether oxygens (including phenoxy) is 1. The molecule has 32 heavy (non-hydrogen) atoms. The van der Waals surface area contributed by atoms with E-state index in [2.05, 4.69) is 10.3 Å². The zero-order chi connectivity index (χ0) is 23.6. The lowest BCUT2D eigenvalue weighted by molar-refractivity contribution is -0.140. The van der Waals surface area contributed by atoms with Crippen LogP contribution < -0.4 is 5.32 Å². The van der Waals surface area contributed by atoms with Crippen LogP contribution in [0.15, 0.2) is 51.6 Å². The Kier molecular flexibility index (Phi) is 7.02. The van der Waals surface area contributed by atoms with Gasteiger partial charge in [0.25, 0.3) is 0 Å². The van der Waals surface area contributed by atoms with E-state index >= 15 is 0 Å². The Morgan fingerprint density at radius 3 is 2.56 bits per heavy atom. The van der Waals surface area contributed by atoms with Gasteiger partial charge in [-0.1, -0.05) is 36.0 Å². The summed E-state index contributed by atoms with van der Waals surface area (Å²) in [6.45, 7) is 6.83. The SMILES string of the molecule is CCOC(=O)C1=C(C(F)(F)F)N=C2SC=C(CC(=O)NC(C)C)N2C1c1ccccc1C. The zero-order valence-electron chi connectivity index (χ0n) is 18.1. The molecule has 2 aliphatic rings. The molecule has 3 rings (SSSR count). The molecule has 0 saturated carbocycles. The third-order valence-electron chi connectivity index (χ3n) is 4.85. The van der Waals surface area contributed by atoms with Gasteiger partial charge in [0.2, 0.25) is 5.91 Å². The first-order valence-corrected chi connectivity index (χ1v) is 11.0. The number of nitrogens with zero attached hydrogens (tertiary/aromatic N) is 2. The summed E-state index contributed by atoms with van der Waals surface area (Å²) < 4.78 is 47.0. The first kappa shape index (κ1) is 23.9. The van der Waals surface area contributed by atoms with Crippen LogP contribution in [-0.2, 0) is 14.3 Å². The molecule has 1 atom stereocenters. The molecule has 2 heterocycles. The van der Waals surface area contributed by atoms with E-state index in [1.54, 1.807) is 36.6 Å². The van der Waals surface area contributed by atoms with Gasteiger partial charge < -0.3 is 15.0 Å². The molecule has 1 unspecified atom stereocenters. The van der Waals surface area contributed by atoms with Crippen LogP contribution in [0.1, 0.15) is 44.4 Å². The number of aryl methyl sites for hydroxylation is 1. The van der Waals surface area contributed by atoms with Crippen LogP contribution in [-0.4, -0.2) is 40.8 Å². The number of hydrogen-bond donors (Lipinski definition) is 1. The standard InChI is InChI=1S/C22H24F3N3O3S/c1-5-31-20(30)17-18(15-9-7-6-8-13(15)4)28-14(10-16(29)26-12(2)3)11-32-21(28)27-19(17)22(23,24)25/h6-9,11-12,18H,5,10H2,1-4H3,(H,26,29). The number of amidine groups is 1. The van der Waals surface area contributed by atoms with Crippen molar-refractivity contribution >= 4 is 28.8 Å². The summed E-state index contributed by atoms with van der Waals surface area (Å²) in [7, 11) is 0. The van der Waals surface area contributed by atoms with Gasteiger partial charge in [0, 0.05) is 11.7 Å². The molecule has 2 aliphatic heterocycles. The molecule has 172 valence electrons. The number of alkyl halides is 3. The average molecular weight is 468 g/mol. The summed E-state index contributed by atoms with van der Waals surface area (Å²) in [6.07, 6.45) is -4.93. The van der Waals surface area contributed by atoms with Crippen molar-refractivity contribution in [3.8, 4) is 0 Å². The lowest BCUT2D eigenvalue weighted by atomic mass is 9.90. The topological polar surface area (TPSA) is 71.0 Å². The number of aliphatic imine (C=N–C) groups is 1. The fraction of sp³-hybridized carbons (Fsp3) is 0.409. The largest absolute Gasteiger partial charge is 0.463 e. The highest BCUT2D eigenvalue weighted by molar-refractivity contribution is 8.16. The Balaban J connectivity index is 2.18. The molecule has 1 N–H and O–H groups in total. The highest BCUT2D eigenvalue weighted by Crippen LogP contribution is 2.48. The van der Waals surface area contributed by atoms with E-state index in [1.807, 2.05) is 13.8 Å². The summed E-state index contributed by atoms with van der Waals surface area (Å²) in [5, 5.41) is 4.44. The summed E-state index contributed by atoms with van der Waals surface area (Å²) in [5.74, 6) is -1.36. The lowest BCUT2D eigenvalue weighted by Gasteiger charge is -2.37. The van der Waals surface area contributed by atoms with E-state index in [4.69, 9.17) is 4.74 Å². The number of rotatable bonds is 6. The first-order chi connectivity index (χ1) is 15.0. The molecular formula is C22H24F3N3O3S. The molecule has 6 nitrogen and oxygen atoms in total. The van der Waals surface area contributed by atoms with Crippen LogP contribution in [0.2, 0.25) is 0 Å². The number of benzene rings is 1. The summed E-state index contributed by atoms with van der Waals surface area (Å²) in [5.41, 5.74) is -0.199. The third kappa shape index (κ3) is 4.85. The normalized spacial score (nSPS) is 18.4. The predicted molar refractivity (Wildman–Crippen MR) is 116 cm³/mol. The molecule has 0 saturated heterocycles. The zero-order valence-corrected chi connectivity index (χ0v) is 18.9. The fourth-order valence-corrected chi connectivity index (χ4v) is 4.53. The van der Waals surface area contributed by atoms with Crippen molar-refractivity contribution in [2.45, 2.75) is 52.4 Å². The van der Waals surface area contributed by atoms with E-state index in [0.29, 0.717) is 16.8 Å². The number of hydrogen-bond acceptors (Lipinski definition) is 6. The van der Waals surface area contributed by atoms with Crippen molar-refractivity contribution in [2.75, 3.05) is 6.61 Å². The van der Waals surface area contributed by atoms with E-state index < -0.39 is 29.5 Å². The quantitative estimate of drug-likeness (QED) is 0.620. The number of carbonyl (C=O) groups excluding carboxylic acids is 2. The van der Waals surface area contributed by atoms with Crippen LogP contribution in [0.3, 0.4) is 0 Å². The molecule has 0 aliphatic carbocycles. The van der Waals surface area contributed by atoms with Crippen LogP contribution >= 0.6 is 11.8 Å². The summed E-state index contributed by atoms with van der Waals surface area (Å²) >= 11 is 0.994. The number of esters is 1. The summed E-state index contributed by atoms with van der Waals surface area (Å²) in [4.78, 5) is 30.6. The Labute approximate surface area is 188 Å². The maximum atomic E-state index is 14.0. The Morgan fingerprint density at radius 2 is 1.97 bits per heavy atom. The van der Waals surface area contributed by atoms with Crippen molar-refractivity contribution in [3.05, 3.63) is 57.8 Å². The van der Waals surface area contributed by atoms with Gasteiger partial charge in [-0.25, -0.2) is 9.79 Å². The molecule has 0 fully saturated rings. The minimum absolute atomic E-state index is 0.0611. The van der Waals surface area contributed by atoms with E-state index in [9.17, 15) is 22.8 Å². The molecule has 10 heteroatoms. The molecule has 0 aromatic heterocycles. The second-order valence-corrected chi connectivity index (χ2v) is 8.47. The summed E-state index contributed by atoms with van der Waals surface area (Å²) in [6, 6.07) is 5.67. The van der Waals surface area contributed by atoms with Gasteiger partial charge in [0.1, 0.15) is 0 Å². The molecule has 1 aromatic rings. The smallest absolute Gasteiger partial charge is 0.434 e. The van der Waals surface area contributed by atoms with Crippen molar-refractivity contribution < 1.29 is 27.5 Å². The van der Waals surface area contributed by atoms with E-state index in [1.165, 1.54) is 11.8 Å². The second-order valence-electron chi connectivity index (χ2n) is 7.63. The average Bonchev–Trinajstić information content (AvgIpc) is 3.08. The number of halogens is 3. The van der Waals surface area contributed by atoms with Crippen molar-refractivity contribution in [2.24, 2.45) is 4.99 Å². The van der Waals surface area contributed by atoms with Gasteiger partial charge in [-0.3, -0.25) is 4.79 Å². The Morgan fingerprint density at radius 1 is 1.28 bits per heavy atom. The van der Waals surface area contributed by atoms with Gasteiger partial charge in [-0.2, -0.15) is 13.2 Å². The van der Waals surface area contributed by atoms with Crippen molar-refractivity contribution in [1.82, 2.24) is 10.2 Å². The van der Waals surface area contributed by atoms with Gasteiger partial charge >= 0.3 is 12.1 Å². The first-order valence-electron chi connectivity index (χ1n) is 10.1. The monoisotopic (exact) mass is 467 g/mol. The molecule has 1 aromatic carbocycles. The van der Waals surface area contributed by atoms with Crippen LogP contribution in [0.4, 0.5) is 13.2 Å². The second kappa shape index (κ2) is 9.40. The lowest BCUT2D eigenvalue weighted by Crippen LogP contribution is -2.40. The Hall–Kier alpha value is -2.75. The number of thioether (sulfide) groups is 1. The van der Waals surface area contributed by atoms with E-state index in [0.717, 1.165) is 11.8 Å². The Bertz CT molecular complexity index is 1020. The minimum atomic E-state index is -4.86. The highest BCUT2D eigenvalue weighted by Gasteiger charge is 2.49.